The van der Waals surface area contributed by atoms with Gasteiger partial charge in [0.2, 0.25) is 0 Å². The summed E-state index contributed by atoms with van der Waals surface area (Å²) in [5.74, 6) is 0.674. The predicted octanol–water partition coefficient (Wildman–Crippen LogP) is 4.74. The van der Waals surface area contributed by atoms with E-state index in [0.29, 0.717) is 29.7 Å². The van der Waals surface area contributed by atoms with Gasteiger partial charge in [-0.15, -0.1) is 0 Å². The summed E-state index contributed by atoms with van der Waals surface area (Å²) in [6, 6.07) is 12.9. The number of carboxylic acid groups (broad SMARTS) is 1. The number of benzene rings is 2. The molecule has 1 aliphatic rings. The van der Waals surface area contributed by atoms with Crippen molar-refractivity contribution >= 4 is 23.3 Å². The lowest BCUT2D eigenvalue weighted by atomic mass is 9.98. The smallest absolute Gasteiger partial charge is 0.303 e. The molecule has 6 heteroatoms. The van der Waals surface area contributed by atoms with E-state index in [1.54, 1.807) is 12.1 Å². The first kappa shape index (κ1) is 19.4. The zero-order valence-electron chi connectivity index (χ0n) is 15.3. The van der Waals surface area contributed by atoms with Gasteiger partial charge in [0.05, 0.1) is 30.3 Å². The van der Waals surface area contributed by atoms with Gasteiger partial charge in [-0.2, -0.15) is 0 Å². The third-order valence-corrected chi connectivity index (χ3v) is 5.28. The van der Waals surface area contributed by atoms with Crippen LogP contribution in [0.1, 0.15) is 37.7 Å². The van der Waals surface area contributed by atoms with Crippen LogP contribution in [0.5, 0.6) is 11.5 Å². The highest BCUT2D eigenvalue weighted by atomic mass is 35.5. The summed E-state index contributed by atoms with van der Waals surface area (Å²) in [7, 11) is 0. The molecule has 3 N–H and O–H groups in total. The van der Waals surface area contributed by atoms with Gasteiger partial charge in [0.15, 0.2) is 0 Å². The number of nitrogen functional groups attached to an aromatic ring is 1. The van der Waals surface area contributed by atoms with E-state index >= 15 is 0 Å². The Hall–Kier alpha value is -2.40. The molecule has 0 bridgehead atoms. The first-order chi connectivity index (χ1) is 12.9. The average molecular weight is 390 g/mol. The van der Waals surface area contributed by atoms with Crippen LogP contribution in [0.4, 0.5) is 5.69 Å². The molecule has 1 aliphatic carbocycles. The molecule has 0 radical (unpaired) electrons. The highest BCUT2D eigenvalue weighted by Crippen LogP contribution is 2.46. The summed E-state index contributed by atoms with van der Waals surface area (Å²) in [5, 5.41) is 9.38. The lowest BCUT2D eigenvalue weighted by Crippen LogP contribution is -2.21. The number of anilines is 1. The molecule has 1 unspecified atom stereocenters. The molecule has 144 valence electrons. The van der Waals surface area contributed by atoms with Crippen molar-refractivity contribution in [2.45, 2.75) is 32.1 Å². The minimum absolute atomic E-state index is 0.0218. The molecule has 0 spiro atoms. The van der Waals surface area contributed by atoms with Crippen molar-refractivity contribution < 1.29 is 19.4 Å². The number of nitrogens with two attached hydrogens (primary N) is 1. The van der Waals surface area contributed by atoms with Gasteiger partial charge in [0, 0.05) is 11.5 Å². The number of hydrogen-bond acceptors (Lipinski definition) is 4. The molecule has 2 aromatic rings. The van der Waals surface area contributed by atoms with Crippen molar-refractivity contribution in [2.24, 2.45) is 5.41 Å². The second kappa shape index (κ2) is 8.09. The van der Waals surface area contributed by atoms with Crippen LogP contribution in [0.3, 0.4) is 0 Å². The number of halogens is 1. The van der Waals surface area contributed by atoms with Gasteiger partial charge in [-0.05, 0) is 48.6 Å². The van der Waals surface area contributed by atoms with Crippen LogP contribution in [0.25, 0.3) is 0 Å². The van der Waals surface area contributed by atoms with Gasteiger partial charge < -0.3 is 20.3 Å². The number of hydrogen-bond donors (Lipinski definition) is 2. The Labute approximate surface area is 164 Å². The maximum absolute atomic E-state index is 10.8. The van der Waals surface area contributed by atoms with Gasteiger partial charge in [-0.1, -0.05) is 30.7 Å². The van der Waals surface area contributed by atoms with E-state index in [4.69, 9.17) is 31.9 Å². The van der Waals surface area contributed by atoms with Crippen molar-refractivity contribution in [3.63, 3.8) is 0 Å². The lowest BCUT2D eigenvalue weighted by Gasteiger charge is -2.18. The largest absolute Gasteiger partial charge is 0.493 e. The first-order valence-corrected chi connectivity index (χ1v) is 9.37. The van der Waals surface area contributed by atoms with Gasteiger partial charge >= 0.3 is 5.97 Å². The van der Waals surface area contributed by atoms with Crippen molar-refractivity contribution in [2.75, 3.05) is 18.9 Å². The number of ether oxygens (including phenoxy) is 2. The molecule has 1 atom stereocenters. The normalized spacial score (nSPS) is 15.8. The maximum Gasteiger partial charge on any atom is 0.303 e. The summed E-state index contributed by atoms with van der Waals surface area (Å²) < 4.78 is 11.8. The van der Waals surface area contributed by atoms with Crippen molar-refractivity contribution in [3.05, 3.63) is 53.1 Å². The van der Waals surface area contributed by atoms with Crippen LogP contribution in [0.2, 0.25) is 5.02 Å². The van der Waals surface area contributed by atoms with Crippen LogP contribution in [-0.2, 0) is 4.79 Å². The fourth-order valence-corrected chi connectivity index (χ4v) is 3.02. The van der Waals surface area contributed by atoms with Crippen LogP contribution in [0, 0.1) is 5.41 Å². The molecule has 5 nitrogen and oxygen atoms in total. The zero-order valence-corrected chi connectivity index (χ0v) is 16.0. The highest BCUT2D eigenvalue weighted by Gasteiger charge is 2.44. The molecule has 2 aromatic carbocycles. The summed E-state index contributed by atoms with van der Waals surface area (Å²) >= 11 is 6.02. The van der Waals surface area contributed by atoms with Crippen LogP contribution in [-0.4, -0.2) is 24.3 Å². The summed E-state index contributed by atoms with van der Waals surface area (Å²) in [6.07, 6.45) is 2.24. The average Bonchev–Trinajstić information content (AvgIpc) is 3.41. The summed E-state index contributed by atoms with van der Waals surface area (Å²) in [6.45, 7) is 3.06. The number of carboxylic acids is 1. The highest BCUT2D eigenvalue weighted by molar-refractivity contribution is 6.33. The predicted molar refractivity (Wildman–Crippen MR) is 106 cm³/mol. The zero-order chi connectivity index (χ0) is 19.4. The lowest BCUT2D eigenvalue weighted by molar-refractivity contribution is -0.137. The number of rotatable bonds is 9. The molecule has 0 saturated heterocycles. The number of aliphatic carboxylic acids is 1. The van der Waals surface area contributed by atoms with Gasteiger partial charge in [0.1, 0.15) is 11.5 Å². The second-order valence-electron chi connectivity index (χ2n) is 7.33. The standard InChI is InChI=1S/C21H24ClNO4/c1-14(10-20(24)25)15-2-4-16(5-3-15)26-12-21(8-9-21)13-27-17-6-7-19(23)18(22)11-17/h2-7,11,14H,8-10,12-13,23H2,1H3,(H,24,25). The van der Waals surface area contributed by atoms with E-state index in [9.17, 15) is 4.79 Å². The van der Waals surface area contributed by atoms with Gasteiger partial charge in [-0.25, -0.2) is 0 Å². The van der Waals surface area contributed by atoms with E-state index in [-0.39, 0.29) is 17.8 Å². The molecular weight excluding hydrogens is 366 g/mol. The van der Waals surface area contributed by atoms with E-state index in [2.05, 4.69) is 0 Å². The Bertz CT molecular complexity index is 802. The minimum Gasteiger partial charge on any atom is -0.493 e. The Morgan fingerprint density at radius 3 is 2.30 bits per heavy atom. The summed E-state index contributed by atoms with van der Waals surface area (Å²) in [5.41, 5.74) is 7.27. The summed E-state index contributed by atoms with van der Waals surface area (Å²) in [4.78, 5) is 10.8. The van der Waals surface area contributed by atoms with Crippen LogP contribution < -0.4 is 15.2 Å². The SMILES string of the molecule is CC(CC(=O)O)c1ccc(OCC2(COc3ccc(N)c(Cl)c3)CC2)cc1. The first-order valence-electron chi connectivity index (χ1n) is 8.99. The fourth-order valence-electron chi connectivity index (χ4n) is 2.85. The molecule has 0 heterocycles. The second-order valence-corrected chi connectivity index (χ2v) is 7.74. The number of carbonyl (C=O) groups is 1. The van der Waals surface area contributed by atoms with E-state index < -0.39 is 5.97 Å². The third-order valence-electron chi connectivity index (χ3n) is 4.95. The Morgan fingerprint density at radius 2 is 1.74 bits per heavy atom. The fraction of sp³-hybridized carbons (Fsp3) is 0.381. The van der Waals surface area contributed by atoms with Crippen molar-refractivity contribution in [1.29, 1.82) is 0 Å². The van der Waals surface area contributed by atoms with E-state index in [0.717, 1.165) is 24.2 Å². The molecule has 0 aliphatic heterocycles. The quantitative estimate of drug-likeness (QED) is 0.605. The molecule has 3 rings (SSSR count). The molecule has 0 aromatic heterocycles. The van der Waals surface area contributed by atoms with E-state index in [1.807, 2.05) is 37.3 Å². The Balaban J connectivity index is 1.50. The van der Waals surface area contributed by atoms with Crippen LogP contribution >= 0.6 is 11.6 Å². The molecule has 1 saturated carbocycles. The molecular formula is C21H24ClNO4. The minimum atomic E-state index is -0.791. The Kier molecular flexibility index (Phi) is 5.80. The molecule has 1 fully saturated rings. The Morgan fingerprint density at radius 1 is 1.15 bits per heavy atom. The van der Waals surface area contributed by atoms with E-state index in [1.165, 1.54) is 0 Å². The van der Waals surface area contributed by atoms with Crippen molar-refractivity contribution in [1.82, 2.24) is 0 Å². The molecule has 27 heavy (non-hydrogen) atoms. The molecule has 0 amide bonds. The topological polar surface area (TPSA) is 81.8 Å². The third kappa shape index (κ3) is 5.30. The van der Waals surface area contributed by atoms with Gasteiger partial charge in [0.25, 0.3) is 0 Å². The van der Waals surface area contributed by atoms with Crippen LogP contribution in [0.15, 0.2) is 42.5 Å². The van der Waals surface area contributed by atoms with Gasteiger partial charge in [-0.3, -0.25) is 4.79 Å². The monoisotopic (exact) mass is 389 g/mol. The van der Waals surface area contributed by atoms with Crippen molar-refractivity contribution in [3.8, 4) is 11.5 Å². The maximum atomic E-state index is 10.8.